The first kappa shape index (κ1) is 15.1. The van der Waals surface area contributed by atoms with Crippen LogP contribution in [-0.2, 0) is 4.79 Å². The van der Waals surface area contributed by atoms with Crippen molar-refractivity contribution in [1.82, 2.24) is 0 Å². The second kappa shape index (κ2) is 6.51. The van der Waals surface area contributed by atoms with E-state index in [1.54, 1.807) is 7.11 Å². The lowest BCUT2D eigenvalue weighted by Gasteiger charge is -2.16. The van der Waals surface area contributed by atoms with Crippen LogP contribution in [0.5, 0.6) is 11.5 Å². The number of benzene rings is 1. The second-order valence-corrected chi connectivity index (χ2v) is 6.15. The van der Waals surface area contributed by atoms with E-state index >= 15 is 0 Å². The number of Topliss-reactive ketones (excluding diaryl/α,β-unsaturated/α-hetero) is 1. The van der Waals surface area contributed by atoms with Gasteiger partial charge in [-0.1, -0.05) is 6.92 Å². The monoisotopic (exact) mass is 301 g/mol. The fourth-order valence-electron chi connectivity index (χ4n) is 3.20. The minimum Gasteiger partial charge on any atom is -0.493 e. The first-order valence-electron chi connectivity index (χ1n) is 8.12. The Labute approximate surface area is 131 Å². The molecule has 0 N–H and O–H groups in total. The van der Waals surface area contributed by atoms with Gasteiger partial charge in [0.15, 0.2) is 11.5 Å². The van der Waals surface area contributed by atoms with Gasteiger partial charge in [0.25, 0.3) is 0 Å². The molecule has 2 saturated carbocycles. The van der Waals surface area contributed by atoms with E-state index in [1.165, 1.54) is 12.8 Å². The zero-order valence-electron chi connectivity index (χ0n) is 13.3. The third-order valence-electron chi connectivity index (χ3n) is 4.63. The van der Waals surface area contributed by atoms with E-state index < -0.39 is 0 Å². The highest BCUT2D eigenvalue weighted by Gasteiger charge is 2.26. The molecule has 0 heterocycles. The van der Waals surface area contributed by atoms with Gasteiger partial charge in [0.1, 0.15) is 5.78 Å². The van der Waals surface area contributed by atoms with Crippen LogP contribution in [-0.4, -0.2) is 24.7 Å². The van der Waals surface area contributed by atoms with Crippen LogP contribution in [0.1, 0.15) is 45.4 Å². The summed E-state index contributed by atoms with van der Waals surface area (Å²) in [6.45, 7) is 1.94. The molecule has 2 aliphatic carbocycles. The maximum atomic E-state index is 11.6. The summed E-state index contributed by atoms with van der Waals surface area (Å²) < 4.78 is 11.5. The SMILES string of the molecule is COc1ccc(N=C2CCC(=O)C2C)cc1OC1CCCC1. The fourth-order valence-corrected chi connectivity index (χ4v) is 3.20. The molecule has 0 spiro atoms. The Morgan fingerprint density at radius 2 is 1.91 bits per heavy atom. The van der Waals surface area contributed by atoms with E-state index in [-0.39, 0.29) is 17.8 Å². The molecule has 0 aromatic heterocycles. The van der Waals surface area contributed by atoms with Gasteiger partial charge in [0.2, 0.25) is 0 Å². The number of carbonyl (C=O) groups excluding carboxylic acids is 1. The number of methoxy groups -OCH3 is 1. The molecule has 1 aromatic carbocycles. The molecule has 1 atom stereocenters. The molecular formula is C18H23NO3. The van der Waals surface area contributed by atoms with Gasteiger partial charge in [0.05, 0.1) is 24.8 Å². The highest BCUT2D eigenvalue weighted by Crippen LogP contribution is 2.35. The quantitative estimate of drug-likeness (QED) is 0.841. The number of hydrogen-bond donors (Lipinski definition) is 0. The summed E-state index contributed by atoms with van der Waals surface area (Å²) in [6.07, 6.45) is 6.33. The lowest BCUT2D eigenvalue weighted by molar-refractivity contribution is -0.119. The van der Waals surface area contributed by atoms with Gasteiger partial charge in [-0.3, -0.25) is 9.79 Å². The lowest BCUT2D eigenvalue weighted by Crippen LogP contribution is -2.11. The number of aliphatic imine (C=N–C) groups is 1. The molecule has 4 heteroatoms. The number of hydrogen-bond acceptors (Lipinski definition) is 4. The summed E-state index contributed by atoms with van der Waals surface area (Å²) in [5.74, 6) is 1.73. The minimum atomic E-state index is -0.0543. The van der Waals surface area contributed by atoms with Gasteiger partial charge >= 0.3 is 0 Å². The third kappa shape index (κ3) is 3.16. The van der Waals surface area contributed by atoms with E-state index in [2.05, 4.69) is 4.99 Å². The van der Waals surface area contributed by atoms with Gasteiger partial charge < -0.3 is 9.47 Å². The Kier molecular flexibility index (Phi) is 4.46. The molecule has 2 aliphatic rings. The van der Waals surface area contributed by atoms with Gasteiger partial charge in [-0.25, -0.2) is 0 Å². The van der Waals surface area contributed by atoms with E-state index in [1.807, 2.05) is 25.1 Å². The molecule has 2 fully saturated rings. The summed E-state index contributed by atoms with van der Waals surface area (Å²) in [5, 5.41) is 0. The zero-order valence-corrected chi connectivity index (χ0v) is 13.3. The topological polar surface area (TPSA) is 47.9 Å². The number of carbonyl (C=O) groups is 1. The van der Waals surface area contributed by atoms with Crippen molar-refractivity contribution in [3.8, 4) is 11.5 Å². The Morgan fingerprint density at radius 1 is 1.14 bits per heavy atom. The zero-order chi connectivity index (χ0) is 15.5. The average Bonchev–Trinajstić information content (AvgIpc) is 3.13. The number of nitrogens with zero attached hydrogens (tertiary/aromatic N) is 1. The normalized spacial score (nSPS) is 24.2. The first-order valence-corrected chi connectivity index (χ1v) is 8.12. The highest BCUT2D eigenvalue weighted by molar-refractivity contribution is 6.11. The molecule has 0 saturated heterocycles. The summed E-state index contributed by atoms with van der Waals surface area (Å²) in [5.41, 5.74) is 1.81. The Balaban J connectivity index is 1.83. The number of rotatable bonds is 4. The molecule has 0 bridgehead atoms. The Hall–Kier alpha value is -1.84. The van der Waals surface area contributed by atoms with Crippen molar-refractivity contribution in [1.29, 1.82) is 0 Å². The number of ether oxygens (including phenoxy) is 2. The molecule has 1 unspecified atom stereocenters. The highest BCUT2D eigenvalue weighted by atomic mass is 16.5. The van der Waals surface area contributed by atoms with Crippen LogP contribution < -0.4 is 9.47 Å². The molecule has 0 radical (unpaired) electrons. The van der Waals surface area contributed by atoms with Crippen LogP contribution >= 0.6 is 0 Å². The van der Waals surface area contributed by atoms with Crippen LogP contribution in [0.4, 0.5) is 5.69 Å². The maximum absolute atomic E-state index is 11.6. The largest absolute Gasteiger partial charge is 0.493 e. The summed E-state index contributed by atoms with van der Waals surface area (Å²) in [7, 11) is 1.65. The smallest absolute Gasteiger partial charge is 0.163 e. The van der Waals surface area contributed by atoms with Crippen molar-refractivity contribution in [2.45, 2.75) is 51.6 Å². The standard InChI is InChI=1S/C18H23NO3/c1-12-15(8-9-16(12)20)19-13-7-10-17(21-2)18(11-13)22-14-5-3-4-6-14/h7,10-12,14H,3-6,8-9H2,1-2H3. The van der Waals surface area contributed by atoms with Crippen LogP contribution in [0.15, 0.2) is 23.2 Å². The van der Waals surface area contributed by atoms with Gasteiger partial charge in [-0.2, -0.15) is 0 Å². The van der Waals surface area contributed by atoms with Crippen LogP contribution in [0, 0.1) is 5.92 Å². The number of ketones is 1. The molecule has 0 aliphatic heterocycles. The molecule has 3 rings (SSSR count). The van der Waals surface area contributed by atoms with Crippen LogP contribution in [0.25, 0.3) is 0 Å². The minimum absolute atomic E-state index is 0.0543. The Morgan fingerprint density at radius 3 is 2.55 bits per heavy atom. The molecular weight excluding hydrogens is 278 g/mol. The van der Waals surface area contributed by atoms with Crippen molar-refractivity contribution in [3.63, 3.8) is 0 Å². The summed E-state index contributed by atoms with van der Waals surface area (Å²) in [6, 6.07) is 5.74. The summed E-state index contributed by atoms with van der Waals surface area (Å²) >= 11 is 0. The van der Waals surface area contributed by atoms with Crippen molar-refractivity contribution >= 4 is 17.2 Å². The van der Waals surface area contributed by atoms with Crippen molar-refractivity contribution in [2.24, 2.45) is 10.9 Å². The van der Waals surface area contributed by atoms with Gasteiger partial charge in [0, 0.05) is 18.2 Å². The fraction of sp³-hybridized carbons (Fsp3) is 0.556. The van der Waals surface area contributed by atoms with Crippen molar-refractivity contribution < 1.29 is 14.3 Å². The van der Waals surface area contributed by atoms with Gasteiger partial charge in [-0.15, -0.1) is 0 Å². The predicted molar refractivity (Wildman–Crippen MR) is 86.4 cm³/mol. The molecule has 4 nitrogen and oxygen atoms in total. The molecule has 22 heavy (non-hydrogen) atoms. The van der Waals surface area contributed by atoms with E-state index in [0.29, 0.717) is 6.42 Å². The van der Waals surface area contributed by atoms with E-state index in [9.17, 15) is 4.79 Å². The molecule has 0 amide bonds. The second-order valence-electron chi connectivity index (χ2n) is 6.15. The predicted octanol–water partition coefficient (Wildman–Crippen LogP) is 4.09. The summed E-state index contributed by atoms with van der Waals surface area (Å²) in [4.78, 5) is 16.3. The third-order valence-corrected chi connectivity index (χ3v) is 4.63. The van der Waals surface area contributed by atoms with Gasteiger partial charge in [-0.05, 0) is 44.2 Å². The van der Waals surface area contributed by atoms with Crippen LogP contribution in [0.2, 0.25) is 0 Å². The van der Waals surface area contributed by atoms with Crippen molar-refractivity contribution in [3.05, 3.63) is 18.2 Å². The molecule has 1 aromatic rings. The lowest BCUT2D eigenvalue weighted by atomic mass is 10.1. The van der Waals surface area contributed by atoms with Crippen molar-refractivity contribution in [2.75, 3.05) is 7.11 Å². The van der Waals surface area contributed by atoms with Crippen LogP contribution in [0.3, 0.4) is 0 Å². The molecule has 118 valence electrons. The first-order chi connectivity index (χ1) is 10.7. The maximum Gasteiger partial charge on any atom is 0.163 e. The van der Waals surface area contributed by atoms with E-state index in [0.717, 1.165) is 42.2 Å². The average molecular weight is 301 g/mol. The van der Waals surface area contributed by atoms with E-state index in [4.69, 9.17) is 9.47 Å². The Bertz CT molecular complexity index is 588.